The molecule has 0 spiro atoms. The molecule has 1 aromatic heterocycles. The van der Waals surface area contributed by atoms with E-state index in [1.807, 2.05) is 17.8 Å². The Hall–Kier alpha value is -2.63. The molecule has 0 saturated carbocycles. The van der Waals surface area contributed by atoms with E-state index < -0.39 is 0 Å². The summed E-state index contributed by atoms with van der Waals surface area (Å²) in [5.74, 6) is -0.392. The van der Waals surface area contributed by atoms with E-state index in [-0.39, 0.29) is 17.9 Å². The number of imide groups is 1. The molecule has 1 aromatic carbocycles. The fourth-order valence-corrected chi connectivity index (χ4v) is 2.91. The highest BCUT2D eigenvalue weighted by Crippen LogP contribution is 2.22. The van der Waals surface area contributed by atoms with Gasteiger partial charge in [-0.2, -0.15) is 5.10 Å². The van der Waals surface area contributed by atoms with Gasteiger partial charge in [0.25, 0.3) is 11.8 Å². The molecule has 0 fully saturated rings. The minimum Gasteiger partial charge on any atom is -0.380 e. The molecule has 6 heteroatoms. The molecule has 3 rings (SSSR count). The summed E-state index contributed by atoms with van der Waals surface area (Å²) in [6.45, 7) is 5.45. The van der Waals surface area contributed by atoms with Gasteiger partial charge in [-0.15, -0.1) is 0 Å². The van der Waals surface area contributed by atoms with Crippen molar-refractivity contribution in [3.63, 3.8) is 0 Å². The zero-order chi connectivity index (χ0) is 17.1. The Morgan fingerprint density at radius 1 is 1.12 bits per heavy atom. The van der Waals surface area contributed by atoms with Crippen molar-refractivity contribution in [3.05, 3.63) is 47.8 Å². The lowest BCUT2D eigenvalue weighted by Gasteiger charge is -2.18. The smallest absolute Gasteiger partial charge is 0.261 e. The van der Waals surface area contributed by atoms with Crippen LogP contribution in [0, 0.1) is 0 Å². The topological polar surface area (TPSA) is 67.2 Å². The average molecular weight is 326 g/mol. The van der Waals surface area contributed by atoms with Crippen LogP contribution in [-0.2, 0) is 6.54 Å². The first-order valence-electron chi connectivity index (χ1n) is 8.34. The number of fused-ring (bicyclic) bond motifs is 1. The number of aromatic nitrogens is 2. The Balaban J connectivity index is 1.56. The number of nitrogens with one attached hydrogen (secondary N) is 1. The standard InChI is InChI=1S/C18H22N4O2/c1-3-9-21-12-14(11-19-21)20-13(2)8-10-22-17(23)15-6-4-5-7-16(15)18(22)24/h4-7,11-13,20H,3,8-10H2,1-2H3. The third kappa shape index (κ3) is 3.18. The van der Waals surface area contributed by atoms with Gasteiger partial charge in [0, 0.05) is 25.3 Å². The number of benzene rings is 1. The molecule has 1 atom stereocenters. The minimum atomic E-state index is -0.196. The number of hydrogen-bond acceptors (Lipinski definition) is 4. The van der Waals surface area contributed by atoms with Gasteiger partial charge in [-0.25, -0.2) is 0 Å². The van der Waals surface area contributed by atoms with Gasteiger partial charge in [-0.1, -0.05) is 19.1 Å². The summed E-state index contributed by atoms with van der Waals surface area (Å²) in [5, 5.41) is 7.65. The molecule has 1 aliphatic rings. The quantitative estimate of drug-likeness (QED) is 0.795. The molecular weight excluding hydrogens is 304 g/mol. The van der Waals surface area contributed by atoms with Crippen molar-refractivity contribution in [2.24, 2.45) is 0 Å². The number of anilines is 1. The monoisotopic (exact) mass is 326 g/mol. The van der Waals surface area contributed by atoms with E-state index in [1.165, 1.54) is 4.90 Å². The Morgan fingerprint density at radius 2 is 1.79 bits per heavy atom. The predicted molar refractivity (Wildman–Crippen MR) is 92.0 cm³/mol. The SMILES string of the molecule is CCCn1cc(NC(C)CCN2C(=O)c3ccccc3C2=O)cn1. The van der Waals surface area contributed by atoms with E-state index in [1.54, 1.807) is 30.5 Å². The highest BCUT2D eigenvalue weighted by atomic mass is 16.2. The van der Waals surface area contributed by atoms with E-state index in [4.69, 9.17) is 0 Å². The molecule has 2 heterocycles. The van der Waals surface area contributed by atoms with Crippen LogP contribution in [0.2, 0.25) is 0 Å². The van der Waals surface area contributed by atoms with Crippen molar-refractivity contribution in [1.29, 1.82) is 0 Å². The number of aryl methyl sites for hydroxylation is 1. The molecule has 0 bridgehead atoms. The van der Waals surface area contributed by atoms with E-state index in [2.05, 4.69) is 17.3 Å². The molecule has 0 radical (unpaired) electrons. The summed E-state index contributed by atoms with van der Waals surface area (Å²) in [5.41, 5.74) is 1.96. The van der Waals surface area contributed by atoms with Gasteiger partial charge in [-0.05, 0) is 31.9 Å². The van der Waals surface area contributed by atoms with Gasteiger partial charge >= 0.3 is 0 Å². The summed E-state index contributed by atoms with van der Waals surface area (Å²) in [4.78, 5) is 26.0. The summed E-state index contributed by atoms with van der Waals surface area (Å²) < 4.78 is 1.90. The van der Waals surface area contributed by atoms with Crippen molar-refractivity contribution >= 4 is 17.5 Å². The largest absolute Gasteiger partial charge is 0.380 e. The van der Waals surface area contributed by atoms with Gasteiger partial charge in [0.1, 0.15) is 0 Å². The molecular formula is C18H22N4O2. The Bertz CT molecular complexity index is 718. The molecule has 126 valence electrons. The molecule has 6 nitrogen and oxygen atoms in total. The molecule has 24 heavy (non-hydrogen) atoms. The van der Waals surface area contributed by atoms with Crippen LogP contribution in [0.3, 0.4) is 0 Å². The first-order valence-corrected chi connectivity index (χ1v) is 8.34. The third-order valence-corrected chi connectivity index (χ3v) is 4.16. The minimum absolute atomic E-state index is 0.133. The fourth-order valence-electron chi connectivity index (χ4n) is 2.91. The number of carbonyl (C=O) groups is 2. The van der Waals surface area contributed by atoms with Crippen LogP contribution in [0.4, 0.5) is 5.69 Å². The van der Waals surface area contributed by atoms with Crippen LogP contribution in [0.25, 0.3) is 0 Å². The number of hydrogen-bond donors (Lipinski definition) is 1. The van der Waals surface area contributed by atoms with Crippen LogP contribution in [0.5, 0.6) is 0 Å². The molecule has 2 amide bonds. The Kier molecular flexibility index (Phi) is 4.64. The van der Waals surface area contributed by atoms with Crippen LogP contribution in [-0.4, -0.2) is 39.1 Å². The van der Waals surface area contributed by atoms with Crippen molar-refractivity contribution in [1.82, 2.24) is 14.7 Å². The normalized spacial score (nSPS) is 14.8. The lowest BCUT2D eigenvalue weighted by Crippen LogP contribution is -2.33. The first-order chi connectivity index (χ1) is 11.6. The second-order valence-corrected chi connectivity index (χ2v) is 6.13. The van der Waals surface area contributed by atoms with E-state index in [0.717, 1.165) is 18.7 Å². The van der Waals surface area contributed by atoms with E-state index >= 15 is 0 Å². The summed E-state index contributed by atoms with van der Waals surface area (Å²) in [6.07, 6.45) is 5.50. The Labute approximate surface area is 141 Å². The van der Waals surface area contributed by atoms with Crippen LogP contribution in [0.1, 0.15) is 47.4 Å². The third-order valence-electron chi connectivity index (χ3n) is 4.16. The van der Waals surface area contributed by atoms with Gasteiger partial charge in [0.15, 0.2) is 0 Å². The zero-order valence-corrected chi connectivity index (χ0v) is 14.0. The Morgan fingerprint density at radius 3 is 2.42 bits per heavy atom. The zero-order valence-electron chi connectivity index (χ0n) is 14.0. The van der Waals surface area contributed by atoms with Crippen molar-refractivity contribution < 1.29 is 9.59 Å². The maximum absolute atomic E-state index is 12.3. The van der Waals surface area contributed by atoms with E-state index in [0.29, 0.717) is 24.1 Å². The molecule has 1 unspecified atom stereocenters. The van der Waals surface area contributed by atoms with Crippen LogP contribution in [0.15, 0.2) is 36.7 Å². The average Bonchev–Trinajstić information content (AvgIpc) is 3.10. The van der Waals surface area contributed by atoms with Gasteiger partial charge in [0.2, 0.25) is 0 Å². The molecule has 1 N–H and O–H groups in total. The number of amides is 2. The van der Waals surface area contributed by atoms with Crippen molar-refractivity contribution in [2.75, 3.05) is 11.9 Å². The van der Waals surface area contributed by atoms with Gasteiger partial charge < -0.3 is 5.32 Å². The highest BCUT2D eigenvalue weighted by Gasteiger charge is 2.34. The summed E-state index contributed by atoms with van der Waals surface area (Å²) in [7, 11) is 0. The maximum Gasteiger partial charge on any atom is 0.261 e. The summed E-state index contributed by atoms with van der Waals surface area (Å²) >= 11 is 0. The second kappa shape index (κ2) is 6.86. The first kappa shape index (κ1) is 16.2. The molecule has 1 aliphatic heterocycles. The van der Waals surface area contributed by atoms with Crippen molar-refractivity contribution in [2.45, 2.75) is 39.3 Å². The van der Waals surface area contributed by atoms with Crippen LogP contribution >= 0.6 is 0 Å². The van der Waals surface area contributed by atoms with Crippen LogP contribution < -0.4 is 5.32 Å². The lowest BCUT2D eigenvalue weighted by molar-refractivity contribution is 0.0651. The molecule has 2 aromatic rings. The van der Waals surface area contributed by atoms with E-state index in [9.17, 15) is 9.59 Å². The molecule has 0 aliphatic carbocycles. The number of carbonyl (C=O) groups excluding carboxylic acids is 2. The highest BCUT2D eigenvalue weighted by molar-refractivity contribution is 6.21. The summed E-state index contributed by atoms with van der Waals surface area (Å²) in [6, 6.07) is 7.12. The van der Waals surface area contributed by atoms with Gasteiger partial charge in [-0.3, -0.25) is 19.2 Å². The lowest BCUT2D eigenvalue weighted by atomic mass is 10.1. The predicted octanol–water partition coefficient (Wildman–Crippen LogP) is 2.78. The fraction of sp³-hybridized carbons (Fsp3) is 0.389. The second-order valence-electron chi connectivity index (χ2n) is 6.13. The number of rotatable bonds is 7. The molecule has 0 saturated heterocycles. The maximum atomic E-state index is 12.3. The van der Waals surface area contributed by atoms with Crippen molar-refractivity contribution in [3.8, 4) is 0 Å². The van der Waals surface area contributed by atoms with Gasteiger partial charge in [0.05, 0.1) is 23.0 Å². The number of nitrogens with zero attached hydrogens (tertiary/aromatic N) is 3.